The van der Waals surface area contributed by atoms with Crippen molar-refractivity contribution in [3.8, 4) is 0 Å². The molecular weight excluding hydrogens is 596 g/mol. The summed E-state index contributed by atoms with van der Waals surface area (Å²) in [5.74, 6) is 0. The van der Waals surface area contributed by atoms with E-state index in [0.29, 0.717) is 0 Å². The Hall–Kier alpha value is -0.640. The second kappa shape index (κ2) is 25.8. The second-order valence-corrected chi connectivity index (χ2v) is 13.4. The van der Waals surface area contributed by atoms with Gasteiger partial charge in [0.05, 0.1) is 19.6 Å². The van der Waals surface area contributed by atoms with Crippen molar-refractivity contribution in [2.24, 2.45) is 10.3 Å². The lowest BCUT2D eigenvalue weighted by molar-refractivity contribution is -0.900. The van der Waals surface area contributed by atoms with E-state index >= 15 is 0 Å². The summed E-state index contributed by atoms with van der Waals surface area (Å²) in [5, 5.41) is 7.32. The van der Waals surface area contributed by atoms with Crippen LogP contribution in [0.2, 0.25) is 0 Å². The van der Waals surface area contributed by atoms with Gasteiger partial charge in [0.15, 0.2) is 0 Å². The van der Waals surface area contributed by atoms with Crippen LogP contribution in [0.5, 0.6) is 0 Å². The third-order valence-electron chi connectivity index (χ3n) is 6.30. The predicted octanol–water partition coefficient (Wildman–Crippen LogP) is 6.54. The molecule has 0 aromatic heterocycles. The topological polar surface area (TPSA) is 125 Å². The molecule has 0 unspecified atom stereocenters. The Morgan fingerprint density at radius 1 is 0.439 bits per heavy atom. The van der Waals surface area contributed by atoms with Crippen LogP contribution in [0.3, 0.4) is 0 Å². The number of hydrogen-bond donors (Lipinski definition) is 3. The summed E-state index contributed by atoms with van der Waals surface area (Å²) in [4.78, 5) is 1.92. The molecular formula is C26H56F6N3O4S2+. The van der Waals surface area contributed by atoms with E-state index in [2.05, 4.69) is 31.0 Å². The van der Waals surface area contributed by atoms with Crippen molar-refractivity contribution in [3.63, 3.8) is 0 Å². The van der Waals surface area contributed by atoms with Crippen molar-refractivity contribution >= 4 is 20.0 Å². The zero-order valence-electron chi connectivity index (χ0n) is 25.2. The van der Waals surface area contributed by atoms with Crippen molar-refractivity contribution in [2.45, 2.75) is 147 Å². The minimum Gasteiger partial charge on any atom is -0.335 e. The molecule has 0 rings (SSSR count). The lowest BCUT2D eigenvalue weighted by atomic mass is 10.1. The molecule has 0 saturated carbocycles. The first-order valence-corrected chi connectivity index (χ1v) is 18.0. The third-order valence-corrected chi connectivity index (χ3v) is 7.59. The number of primary sulfonamides is 2. The predicted molar refractivity (Wildman–Crippen MR) is 154 cm³/mol. The molecule has 0 aliphatic carbocycles. The van der Waals surface area contributed by atoms with E-state index in [1.807, 2.05) is 4.90 Å². The molecule has 0 amide bonds. The summed E-state index contributed by atoms with van der Waals surface area (Å²) in [7, 11) is -10.7. The molecule has 0 fully saturated rings. The molecule has 7 nitrogen and oxygen atoms in total. The number of quaternary nitrogens is 1. The van der Waals surface area contributed by atoms with Gasteiger partial charge in [0.1, 0.15) is 0 Å². The first kappa shape index (κ1) is 44.8. The van der Waals surface area contributed by atoms with Crippen molar-refractivity contribution in [2.75, 3.05) is 19.6 Å². The van der Waals surface area contributed by atoms with Crippen LogP contribution in [0, 0.1) is 0 Å². The van der Waals surface area contributed by atoms with Crippen LogP contribution in [0.15, 0.2) is 0 Å². The molecule has 15 heteroatoms. The maximum atomic E-state index is 10.8. The summed E-state index contributed by atoms with van der Waals surface area (Å²) < 4.78 is 102. The fraction of sp³-hybridized carbons (Fsp3) is 1.00. The standard InChI is InChI=1S/C24H51N.2CH2F3NO2S/c1-4-7-10-13-16-19-22-25(23-20-17-14-11-8-5-2)24-21-18-15-12-9-6-3;2*2-1(3,4)8(5,6)7/h4-24H2,1-3H3;2*(H2,5,6,7)/p+1. The van der Waals surface area contributed by atoms with Gasteiger partial charge in [0.25, 0.3) is 0 Å². The number of unbranched alkanes of at least 4 members (excludes halogenated alkanes) is 15. The van der Waals surface area contributed by atoms with Crippen LogP contribution < -0.4 is 15.2 Å². The summed E-state index contributed by atoms with van der Waals surface area (Å²) in [6.45, 7) is 11.3. The molecule has 252 valence electrons. The number of nitrogens with one attached hydrogen (secondary N) is 1. The van der Waals surface area contributed by atoms with Gasteiger partial charge < -0.3 is 4.90 Å². The molecule has 0 aliphatic heterocycles. The molecule has 0 aliphatic rings. The van der Waals surface area contributed by atoms with Crippen LogP contribution >= 0.6 is 0 Å². The van der Waals surface area contributed by atoms with Gasteiger partial charge in [-0.15, -0.1) is 0 Å². The lowest BCUT2D eigenvalue weighted by Crippen LogP contribution is -3.12. The fourth-order valence-corrected chi connectivity index (χ4v) is 3.84. The van der Waals surface area contributed by atoms with Crippen molar-refractivity contribution in [1.82, 2.24) is 0 Å². The summed E-state index contributed by atoms with van der Waals surface area (Å²) >= 11 is 0. The van der Waals surface area contributed by atoms with E-state index in [9.17, 15) is 43.2 Å². The van der Waals surface area contributed by atoms with Gasteiger partial charge in [-0.3, -0.25) is 0 Å². The highest BCUT2D eigenvalue weighted by Crippen LogP contribution is 2.19. The second-order valence-electron chi connectivity index (χ2n) is 10.3. The normalized spacial score (nSPS) is 12.5. The van der Waals surface area contributed by atoms with Crippen LogP contribution in [0.25, 0.3) is 0 Å². The number of nitrogens with two attached hydrogens (primary N) is 2. The lowest BCUT2D eigenvalue weighted by Gasteiger charge is -2.20. The number of sulfonamides is 2. The van der Waals surface area contributed by atoms with E-state index in [4.69, 9.17) is 0 Å². The van der Waals surface area contributed by atoms with Crippen LogP contribution in [-0.2, 0) is 20.0 Å². The molecule has 0 atom stereocenters. The van der Waals surface area contributed by atoms with Crippen LogP contribution in [0.1, 0.15) is 136 Å². The van der Waals surface area contributed by atoms with Gasteiger partial charge in [-0.2, -0.15) is 26.3 Å². The molecule has 0 aromatic carbocycles. The number of hydrogen-bond acceptors (Lipinski definition) is 4. The Balaban J connectivity index is -0.000000731. The van der Waals surface area contributed by atoms with Crippen molar-refractivity contribution in [3.05, 3.63) is 0 Å². The highest BCUT2D eigenvalue weighted by atomic mass is 32.2. The molecule has 0 radical (unpaired) electrons. The third kappa shape index (κ3) is 32.1. The zero-order chi connectivity index (χ0) is 32.4. The average molecular weight is 653 g/mol. The smallest absolute Gasteiger partial charge is 0.335 e. The first-order chi connectivity index (χ1) is 18.8. The number of rotatable bonds is 21. The minimum atomic E-state index is -5.34. The largest absolute Gasteiger partial charge is 0.511 e. The van der Waals surface area contributed by atoms with Gasteiger partial charge in [0.2, 0.25) is 0 Å². The van der Waals surface area contributed by atoms with Gasteiger partial charge in [-0.25, -0.2) is 27.1 Å². The molecule has 0 spiro atoms. The van der Waals surface area contributed by atoms with E-state index in [1.54, 1.807) is 0 Å². The van der Waals surface area contributed by atoms with E-state index < -0.39 is 31.1 Å². The fourth-order valence-electron chi connectivity index (χ4n) is 3.84. The molecule has 41 heavy (non-hydrogen) atoms. The zero-order valence-corrected chi connectivity index (χ0v) is 26.9. The average Bonchev–Trinajstić information content (AvgIpc) is 2.83. The van der Waals surface area contributed by atoms with E-state index in [1.165, 1.54) is 135 Å². The Labute approximate surface area is 245 Å². The van der Waals surface area contributed by atoms with Crippen LogP contribution in [-0.4, -0.2) is 47.5 Å². The highest BCUT2D eigenvalue weighted by Gasteiger charge is 2.43. The molecule has 0 aromatic rings. The number of halogens is 6. The molecule has 5 N–H and O–H groups in total. The first-order valence-electron chi connectivity index (χ1n) is 14.9. The molecule has 0 heterocycles. The van der Waals surface area contributed by atoms with Gasteiger partial charge in [0, 0.05) is 0 Å². The minimum absolute atomic E-state index is 1.37. The maximum Gasteiger partial charge on any atom is 0.511 e. The van der Waals surface area contributed by atoms with Gasteiger partial charge in [-0.1, -0.05) is 97.8 Å². The van der Waals surface area contributed by atoms with E-state index in [-0.39, 0.29) is 0 Å². The van der Waals surface area contributed by atoms with Gasteiger partial charge >= 0.3 is 31.1 Å². The summed E-state index contributed by atoms with van der Waals surface area (Å²) in [5.41, 5.74) is -10.6. The van der Waals surface area contributed by atoms with E-state index in [0.717, 1.165) is 0 Å². The number of alkyl halides is 6. The summed E-state index contributed by atoms with van der Waals surface area (Å²) in [6, 6.07) is 0. The Kier molecular flexibility index (Phi) is 28.2. The van der Waals surface area contributed by atoms with Gasteiger partial charge in [-0.05, 0) is 38.5 Å². The van der Waals surface area contributed by atoms with Crippen LogP contribution in [0.4, 0.5) is 26.3 Å². The Morgan fingerprint density at radius 3 is 0.780 bits per heavy atom. The van der Waals surface area contributed by atoms with Crippen molar-refractivity contribution in [1.29, 1.82) is 0 Å². The molecule has 0 bridgehead atoms. The quantitative estimate of drug-likeness (QED) is 0.0962. The Bertz CT molecular complexity index is 714. The maximum absolute atomic E-state index is 10.8. The molecule has 0 saturated heterocycles. The summed E-state index contributed by atoms with van der Waals surface area (Å²) in [6.07, 6.45) is 26.0. The highest BCUT2D eigenvalue weighted by molar-refractivity contribution is 7.90. The monoisotopic (exact) mass is 652 g/mol. The Morgan fingerprint density at radius 2 is 0.610 bits per heavy atom. The SMILES string of the molecule is CCCCCCCC[NH+](CCCCCCCC)CCCCCCCC.NS(=O)(=O)C(F)(F)F.NS(=O)(=O)C(F)(F)F. The van der Waals surface area contributed by atoms with Crippen molar-refractivity contribution < 1.29 is 48.1 Å².